The molecule has 4 rings (SSSR count). The fourth-order valence-electron chi connectivity index (χ4n) is 3.46. The fraction of sp³-hybridized carbons (Fsp3) is 0.185. The normalized spacial score (nSPS) is 11.5. The number of anilines is 3. The number of nitrogens with zero attached hydrogens (tertiary/aromatic N) is 4. The van der Waals surface area contributed by atoms with Crippen molar-refractivity contribution in [3.63, 3.8) is 0 Å². The van der Waals surface area contributed by atoms with Gasteiger partial charge in [-0.1, -0.05) is 17.7 Å². The number of rotatable bonds is 10. The van der Waals surface area contributed by atoms with Crippen molar-refractivity contribution in [1.82, 2.24) is 19.9 Å². The van der Waals surface area contributed by atoms with Crippen LogP contribution in [0.3, 0.4) is 0 Å². The molecule has 1 amide bonds. The van der Waals surface area contributed by atoms with Crippen molar-refractivity contribution in [1.29, 1.82) is 0 Å². The summed E-state index contributed by atoms with van der Waals surface area (Å²) >= 11 is 6.45. The van der Waals surface area contributed by atoms with Gasteiger partial charge in [-0.15, -0.1) is 0 Å². The van der Waals surface area contributed by atoms with Crippen molar-refractivity contribution in [3.8, 4) is 11.5 Å². The van der Waals surface area contributed by atoms with Crippen molar-refractivity contribution in [3.05, 3.63) is 83.7 Å². The minimum Gasteiger partial charge on any atom is -0.494 e. The van der Waals surface area contributed by atoms with Gasteiger partial charge >= 0.3 is 0 Å². The van der Waals surface area contributed by atoms with Gasteiger partial charge in [-0.25, -0.2) is 14.4 Å². The lowest BCUT2D eigenvalue weighted by Gasteiger charge is -2.14. The van der Waals surface area contributed by atoms with Crippen LogP contribution in [0.15, 0.2) is 73.0 Å². The Hall–Kier alpha value is -4.28. The van der Waals surface area contributed by atoms with Gasteiger partial charge in [0.05, 0.1) is 29.0 Å². The number of amides is 1. The van der Waals surface area contributed by atoms with Gasteiger partial charge in [-0.2, -0.15) is 0 Å². The van der Waals surface area contributed by atoms with Crippen LogP contribution in [-0.2, 0) is 11.4 Å². The first-order valence-corrected chi connectivity index (χ1v) is 12.0. The number of benzene rings is 2. The van der Waals surface area contributed by atoms with E-state index in [1.807, 2.05) is 18.2 Å². The lowest BCUT2D eigenvalue weighted by molar-refractivity contribution is -0.114. The Kier molecular flexibility index (Phi) is 8.67. The van der Waals surface area contributed by atoms with Crippen molar-refractivity contribution in [2.45, 2.75) is 6.61 Å². The maximum atomic E-state index is 14.3. The Labute approximate surface area is 224 Å². The lowest BCUT2D eigenvalue weighted by atomic mass is 10.1. The third-order valence-corrected chi connectivity index (χ3v) is 5.65. The maximum Gasteiger partial charge on any atom is 0.284 e. The number of pyridine rings is 1. The molecular weight excluding hydrogens is 511 g/mol. The van der Waals surface area contributed by atoms with Crippen LogP contribution in [0.25, 0.3) is 10.9 Å². The number of nitrogens with one attached hydrogen (secondary N) is 2. The monoisotopic (exact) mass is 536 g/mol. The first-order chi connectivity index (χ1) is 18.3. The molecule has 0 aliphatic rings. The second-order valence-corrected chi connectivity index (χ2v) is 8.85. The van der Waals surface area contributed by atoms with Crippen LogP contribution < -0.4 is 20.1 Å². The molecule has 0 aliphatic carbocycles. The molecule has 0 saturated heterocycles. The zero-order valence-electron chi connectivity index (χ0n) is 21.0. The molecule has 4 aromatic rings. The minimum atomic E-state index is -0.900. The number of methoxy groups -OCH3 is 1. The summed E-state index contributed by atoms with van der Waals surface area (Å²) in [5.41, 5.74) is 2.26. The molecule has 0 saturated carbocycles. The SMILES string of the molecule is COc1cc2ncnc(Nc3ccc(OCc4ccccn4)c(Cl)c3)c2cc1NC(=O)/C(F)=C\CN(C)C. The number of carbonyl (C=O) groups is 1. The maximum absolute atomic E-state index is 14.3. The summed E-state index contributed by atoms with van der Waals surface area (Å²) in [5, 5.41) is 6.75. The molecule has 0 bridgehead atoms. The van der Waals surface area contributed by atoms with Crippen LogP contribution in [0.5, 0.6) is 11.5 Å². The fourth-order valence-corrected chi connectivity index (χ4v) is 3.69. The Balaban J connectivity index is 1.56. The number of likely N-dealkylation sites (N-methyl/N-ethyl adjacent to an activating group) is 1. The van der Waals surface area contributed by atoms with Crippen LogP contribution in [0, 0.1) is 0 Å². The van der Waals surface area contributed by atoms with E-state index >= 15 is 0 Å². The van der Waals surface area contributed by atoms with Crippen LogP contribution in [0.2, 0.25) is 5.02 Å². The molecule has 0 radical (unpaired) electrons. The quantitative estimate of drug-likeness (QED) is 0.261. The van der Waals surface area contributed by atoms with Crippen LogP contribution in [0.1, 0.15) is 5.69 Å². The summed E-state index contributed by atoms with van der Waals surface area (Å²) in [5.74, 6) is -0.495. The average molecular weight is 537 g/mol. The zero-order chi connectivity index (χ0) is 27.1. The van der Waals surface area contributed by atoms with E-state index < -0.39 is 11.7 Å². The first kappa shape index (κ1) is 26.8. The molecule has 0 fully saturated rings. The van der Waals surface area contributed by atoms with E-state index in [1.165, 1.54) is 19.5 Å². The van der Waals surface area contributed by atoms with Gasteiger partial charge < -0.3 is 25.0 Å². The van der Waals surface area contributed by atoms with Gasteiger partial charge in [-0.05, 0) is 56.6 Å². The molecule has 2 heterocycles. The van der Waals surface area contributed by atoms with Gasteiger partial charge in [0.1, 0.15) is 30.3 Å². The number of hydrogen-bond acceptors (Lipinski definition) is 8. The van der Waals surface area contributed by atoms with E-state index in [-0.39, 0.29) is 18.8 Å². The molecule has 196 valence electrons. The smallest absolute Gasteiger partial charge is 0.284 e. The summed E-state index contributed by atoms with van der Waals surface area (Å²) in [6, 6.07) is 14.1. The summed E-state index contributed by atoms with van der Waals surface area (Å²) in [7, 11) is 5.01. The molecule has 0 unspecified atom stereocenters. The highest BCUT2D eigenvalue weighted by atomic mass is 35.5. The Morgan fingerprint density at radius 1 is 1.11 bits per heavy atom. The van der Waals surface area contributed by atoms with Gasteiger partial charge in [-0.3, -0.25) is 9.78 Å². The Morgan fingerprint density at radius 3 is 2.66 bits per heavy atom. The van der Waals surface area contributed by atoms with Crippen molar-refractivity contribution in [2.75, 3.05) is 38.4 Å². The second-order valence-electron chi connectivity index (χ2n) is 8.44. The number of hydrogen-bond donors (Lipinski definition) is 2. The molecular formula is C27H26ClFN6O3. The molecule has 2 aromatic carbocycles. The summed E-state index contributed by atoms with van der Waals surface area (Å²) in [6.07, 6.45) is 4.30. The summed E-state index contributed by atoms with van der Waals surface area (Å²) < 4.78 is 25.5. The molecule has 38 heavy (non-hydrogen) atoms. The lowest BCUT2D eigenvalue weighted by Crippen LogP contribution is -2.16. The highest BCUT2D eigenvalue weighted by Gasteiger charge is 2.16. The molecule has 11 heteroatoms. The van der Waals surface area contributed by atoms with Gasteiger partial charge in [0.25, 0.3) is 5.91 Å². The van der Waals surface area contributed by atoms with E-state index in [2.05, 4.69) is 25.6 Å². The van der Waals surface area contributed by atoms with Crippen molar-refractivity contribution >= 4 is 45.6 Å². The van der Waals surface area contributed by atoms with Crippen LogP contribution in [-0.4, -0.2) is 53.5 Å². The predicted octanol–water partition coefficient (Wildman–Crippen LogP) is 5.36. The molecule has 0 spiro atoms. The van der Waals surface area contributed by atoms with Gasteiger partial charge in [0.15, 0.2) is 5.83 Å². The summed E-state index contributed by atoms with van der Waals surface area (Å²) in [4.78, 5) is 27.0. The molecule has 9 nitrogen and oxygen atoms in total. The second kappa shape index (κ2) is 12.3. The Bertz CT molecular complexity index is 1470. The number of aromatic nitrogens is 3. The van der Waals surface area contributed by atoms with E-state index in [0.717, 1.165) is 5.69 Å². The van der Waals surface area contributed by atoms with E-state index in [0.29, 0.717) is 38.9 Å². The molecule has 0 atom stereocenters. The van der Waals surface area contributed by atoms with E-state index in [4.69, 9.17) is 21.1 Å². The van der Waals surface area contributed by atoms with Crippen LogP contribution in [0.4, 0.5) is 21.6 Å². The third kappa shape index (κ3) is 6.72. The zero-order valence-corrected chi connectivity index (χ0v) is 21.8. The largest absolute Gasteiger partial charge is 0.494 e. The van der Waals surface area contributed by atoms with E-state index in [1.54, 1.807) is 55.5 Å². The van der Waals surface area contributed by atoms with Gasteiger partial charge in [0, 0.05) is 29.9 Å². The topological polar surface area (TPSA) is 102 Å². The van der Waals surface area contributed by atoms with E-state index in [9.17, 15) is 9.18 Å². The number of carbonyl (C=O) groups excluding carboxylic acids is 1. The highest BCUT2D eigenvalue weighted by Crippen LogP contribution is 2.35. The molecule has 0 aliphatic heterocycles. The molecule has 2 aromatic heterocycles. The Morgan fingerprint density at radius 2 is 1.95 bits per heavy atom. The average Bonchev–Trinajstić information content (AvgIpc) is 2.91. The minimum absolute atomic E-state index is 0.271. The number of ether oxygens (including phenoxy) is 2. The van der Waals surface area contributed by atoms with Gasteiger partial charge in [0.2, 0.25) is 0 Å². The first-order valence-electron chi connectivity index (χ1n) is 11.6. The van der Waals surface area contributed by atoms with Crippen molar-refractivity contribution in [2.24, 2.45) is 0 Å². The standard InChI is InChI=1S/C27H26ClFN6O3/c1-35(2)11-9-21(29)27(36)34-23-13-19-22(14-25(23)37-3)31-16-32-26(19)33-17-7-8-24(20(28)12-17)38-15-18-6-4-5-10-30-18/h4-10,12-14,16H,11,15H2,1-3H3,(H,34,36)(H,31,32,33)/b21-9+. The number of fused-ring (bicyclic) bond motifs is 1. The predicted molar refractivity (Wildman–Crippen MR) is 146 cm³/mol. The third-order valence-electron chi connectivity index (χ3n) is 5.35. The molecule has 2 N–H and O–H groups in total. The van der Waals surface area contributed by atoms with Crippen LogP contribution >= 0.6 is 11.6 Å². The highest BCUT2D eigenvalue weighted by molar-refractivity contribution is 6.32. The summed E-state index contributed by atoms with van der Waals surface area (Å²) in [6.45, 7) is 0.566. The number of halogens is 2. The van der Waals surface area contributed by atoms with Crippen molar-refractivity contribution < 1.29 is 18.7 Å².